The molecule has 0 radical (unpaired) electrons. The summed E-state index contributed by atoms with van der Waals surface area (Å²) < 4.78 is 1.06. The van der Waals surface area contributed by atoms with Crippen LogP contribution in [-0.2, 0) is 0 Å². The summed E-state index contributed by atoms with van der Waals surface area (Å²) in [6.07, 6.45) is 7.99. The Kier molecular flexibility index (Phi) is 5.11. The number of piperidine rings is 1. The van der Waals surface area contributed by atoms with Crippen molar-refractivity contribution in [2.24, 2.45) is 11.5 Å². The number of benzene rings is 1. The zero-order valence-corrected chi connectivity index (χ0v) is 16.8. The number of pyridine rings is 1. The fraction of sp³-hybridized carbons (Fsp3) is 0.316. The highest BCUT2D eigenvalue weighted by atomic mass is 79.9. The van der Waals surface area contributed by atoms with Crippen molar-refractivity contribution in [3.05, 3.63) is 64.0 Å². The van der Waals surface area contributed by atoms with E-state index in [1.54, 1.807) is 11.8 Å². The van der Waals surface area contributed by atoms with Crippen molar-refractivity contribution < 1.29 is 0 Å². The summed E-state index contributed by atoms with van der Waals surface area (Å²) in [5, 5.41) is 0.897. The van der Waals surface area contributed by atoms with Crippen molar-refractivity contribution in [1.29, 1.82) is 0 Å². The summed E-state index contributed by atoms with van der Waals surface area (Å²) in [6.45, 7) is 1.89. The third kappa shape index (κ3) is 3.56. The van der Waals surface area contributed by atoms with Crippen LogP contribution in [0.4, 0.5) is 11.4 Å². The van der Waals surface area contributed by atoms with E-state index in [0.29, 0.717) is 0 Å². The number of nitrogens with two attached hydrogens (primary N) is 2. The second-order valence-electron chi connectivity index (χ2n) is 6.68. The van der Waals surface area contributed by atoms with Gasteiger partial charge in [0.1, 0.15) is 5.37 Å². The predicted octanol–water partition coefficient (Wildman–Crippen LogP) is 3.78. The second-order valence-corrected chi connectivity index (χ2v) is 8.75. The fourth-order valence-electron chi connectivity index (χ4n) is 3.58. The van der Waals surface area contributed by atoms with Crippen molar-refractivity contribution in [1.82, 2.24) is 4.98 Å². The van der Waals surface area contributed by atoms with Gasteiger partial charge in [0.15, 0.2) is 0 Å². The standard InChI is InChI=1S/C19H22BrN5S/c20-14-4-1-3-13(9-14)19-25(12-18(22)26-19)17-10-23-7-6-16(17)24-8-2-5-15(21)11-24/h1,3-4,6-7,9-10,12,15,19H,2,5,8,11,21-22H2/t15?,19-/m0/s1. The van der Waals surface area contributed by atoms with E-state index in [1.165, 1.54) is 11.3 Å². The first-order chi connectivity index (χ1) is 12.6. The first-order valence-electron chi connectivity index (χ1n) is 8.74. The van der Waals surface area contributed by atoms with Gasteiger partial charge in [-0.2, -0.15) is 0 Å². The number of rotatable bonds is 3. The van der Waals surface area contributed by atoms with Gasteiger partial charge in [0.05, 0.1) is 22.6 Å². The summed E-state index contributed by atoms with van der Waals surface area (Å²) in [5.74, 6) is 0. The molecule has 1 saturated heterocycles. The molecule has 1 fully saturated rings. The van der Waals surface area contributed by atoms with Crippen LogP contribution in [0.5, 0.6) is 0 Å². The van der Waals surface area contributed by atoms with Gasteiger partial charge in [-0.1, -0.05) is 39.8 Å². The molecule has 4 N–H and O–H groups in total. The van der Waals surface area contributed by atoms with Crippen LogP contribution in [0.2, 0.25) is 0 Å². The van der Waals surface area contributed by atoms with Crippen LogP contribution < -0.4 is 21.3 Å². The maximum atomic E-state index is 6.21. The van der Waals surface area contributed by atoms with E-state index in [9.17, 15) is 0 Å². The number of aromatic nitrogens is 1. The van der Waals surface area contributed by atoms with Crippen LogP contribution in [0.15, 0.2) is 58.4 Å². The van der Waals surface area contributed by atoms with Crippen LogP contribution in [0.25, 0.3) is 0 Å². The van der Waals surface area contributed by atoms with Gasteiger partial charge < -0.3 is 21.3 Å². The van der Waals surface area contributed by atoms with E-state index in [2.05, 4.69) is 55.0 Å². The smallest absolute Gasteiger partial charge is 0.111 e. The van der Waals surface area contributed by atoms with Crippen molar-refractivity contribution in [2.75, 3.05) is 22.9 Å². The Hall–Kier alpha value is -1.70. The number of halogens is 1. The number of hydrogen-bond acceptors (Lipinski definition) is 6. The van der Waals surface area contributed by atoms with Gasteiger partial charge in [0.25, 0.3) is 0 Å². The van der Waals surface area contributed by atoms with Crippen molar-refractivity contribution in [3.8, 4) is 0 Å². The average molecular weight is 432 g/mol. The molecule has 7 heteroatoms. The molecule has 1 aromatic carbocycles. The summed E-state index contributed by atoms with van der Waals surface area (Å²) >= 11 is 5.23. The molecule has 1 aromatic heterocycles. The van der Waals surface area contributed by atoms with Crippen molar-refractivity contribution in [2.45, 2.75) is 24.3 Å². The Balaban J connectivity index is 1.71. The van der Waals surface area contributed by atoms with E-state index >= 15 is 0 Å². The predicted molar refractivity (Wildman–Crippen MR) is 113 cm³/mol. The monoisotopic (exact) mass is 431 g/mol. The van der Waals surface area contributed by atoms with Gasteiger partial charge in [0.2, 0.25) is 0 Å². The van der Waals surface area contributed by atoms with E-state index in [0.717, 1.165) is 41.1 Å². The van der Waals surface area contributed by atoms with Crippen LogP contribution >= 0.6 is 27.7 Å². The number of anilines is 2. The molecule has 26 heavy (non-hydrogen) atoms. The first kappa shape index (κ1) is 17.7. The van der Waals surface area contributed by atoms with Gasteiger partial charge >= 0.3 is 0 Å². The highest BCUT2D eigenvalue weighted by molar-refractivity contribution is 9.10. The lowest BCUT2D eigenvalue weighted by Crippen LogP contribution is -2.43. The molecular weight excluding hydrogens is 410 g/mol. The van der Waals surface area contributed by atoms with E-state index in [4.69, 9.17) is 11.5 Å². The third-order valence-electron chi connectivity index (χ3n) is 4.75. The minimum atomic E-state index is 0.0916. The molecule has 0 amide bonds. The third-order valence-corrected chi connectivity index (χ3v) is 6.35. The van der Waals surface area contributed by atoms with Gasteiger partial charge in [-0.05, 0) is 36.6 Å². The van der Waals surface area contributed by atoms with Crippen molar-refractivity contribution >= 4 is 39.1 Å². The largest absolute Gasteiger partial charge is 0.392 e. The number of nitrogens with zero attached hydrogens (tertiary/aromatic N) is 3. The molecule has 1 unspecified atom stereocenters. The Bertz CT molecular complexity index is 827. The van der Waals surface area contributed by atoms with Crippen LogP contribution in [0, 0.1) is 0 Å². The van der Waals surface area contributed by atoms with Crippen LogP contribution in [0.3, 0.4) is 0 Å². The number of hydrogen-bond donors (Lipinski definition) is 2. The van der Waals surface area contributed by atoms with E-state index in [-0.39, 0.29) is 11.4 Å². The zero-order valence-electron chi connectivity index (χ0n) is 14.4. The lowest BCUT2D eigenvalue weighted by molar-refractivity contribution is 0.506. The molecule has 0 aliphatic carbocycles. The molecule has 136 valence electrons. The Morgan fingerprint density at radius 3 is 2.92 bits per heavy atom. The number of thioether (sulfide) groups is 1. The van der Waals surface area contributed by atoms with Gasteiger partial charge in [-0.3, -0.25) is 4.98 Å². The summed E-state index contributed by atoms with van der Waals surface area (Å²) in [4.78, 5) is 8.98. The molecule has 2 aliphatic rings. The van der Waals surface area contributed by atoms with E-state index in [1.807, 2.05) is 24.7 Å². The highest BCUT2D eigenvalue weighted by Gasteiger charge is 2.30. The maximum Gasteiger partial charge on any atom is 0.111 e. The minimum absolute atomic E-state index is 0.0916. The molecule has 0 bridgehead atoms. The highest BCUT2D eigenvalue weighted by Crippen LogP contribution is 2.47. The topological polar surface area (TPSA) is 71.4 Å². The van der Waals surface area contributed by atoms with Gasteiger partial charge in [0, 0.05) is 36.0 Å². The molecule has 5 nitrogen and oxygen atoms in total. The molecular formula is C19H22BrN5S. The Morgan fingerprint density at radius 2 is 2.12 bits per heavy atom. The molecule has 0 spiro atoms. The van der Waals surface area contributed by atoms with Crippen molar-refractivity contribution in [3.63, 3.8) is 0 Å². The van der Waals surface area contributed by atoms with E-state index < -0.39 is 0 Å². The van der Waals surface area contributed by atoms with Gasteiger partial charge in [-0.15, -0.1) is 0 Å². The lowest BCUT2D eigenvalue weighted by Gasteiger charge is -2.36. The maximum absolute atomic E-state index is 6.21. The second kappa shape index (κ2) is 7.50. The molecule has 2 atom stereocenters. The van der Waals surface area contributed by atoms with Gasteiger partial charge in [-0.25, -0.2) is 0 Å². The minimum Gasteiger partial charge on any atom is -0.392 e. The molecule has 3 heterocycles. The summed E-state index contributed by atoms with van der Waals surface area (Å²) in [6, 6.07) is 10.7. The Labute approximate surface area is 166 Å². The molecule has 2 aromatic rings. The fourth-order valence-corrected chi connectivity index (χ4v) is 5.00. The summed E-state index contributed by atoms with van der Waals surface area (Å²) in [5.41, 5.74) is 15.8. The molecule has 4 rings (SSSR count). The summed E-state index contributed by atoms with van der Waals surface area (Å²) in [7, 11) is 0. The molecule has 0 saturated carbocycles. The average Bonchev–Trinajstić information content (AvgIpc) is 3.03. The zero-order chi connectivity index (χ0) is 18.1. The van der Waals surface area contributed by atoms with Crippen LogP contribution in [0.1, 0.15) is 23.8 Å². The Morgan fingerprint density at radius 1 is 1.23 bits per heavy atom. The van der Waals surface area contributed by atoms with Crippen LogP contribution in [-0.4, -0.2) is 24.1 Å². The lowest BCUT2D eigenvalue weighted by atomic mass is 10.1. The normalized spacial score (nSPS) is 23.2. The molecule has 2 aliphatic heterocycles. The first-order valence-corrected chi connectivity index (χ1v) is 10.4. The SMILES string of the molecule is NC1=CN(c2cnccc2N2CCCC(N)C2)[C@H](c2cccc(Br)c2)S1. The quantitative estimate of drug-likeness (QED) is 0.769.